The second-order valence-corrected chi connectivity index (χ2v) is 5.66. The van der Waals surface area contributed by atoms with Crippen LogP contribution in [-0.4, -0.2) is 9.55 Å². The summed E-state index contributed by atoms with van der Waals surface area (Å²) < 4.78 is 41.1. The minimum Gasteiger partial charge on any atom is -0.334 e. The fourth-order valence-electron chi connectivity index (χ4n) is 2.99. The molecule has 1 aliphatic heterocycles. The normalized spacial score (nSPS) is 18.6. The van der Waals surface area contributed by atoms with Crippen LogP contribution in [0.4, 0.5) is 13.2 Å². The zero-order valence-electron chi connectivity index (χ0n) is 11.8. The molecule has 1 aromatic carbocycles. The van der Waals surface area contributed by atoms with E-state index >= 15 is 0 Å². The van der Waals surface area contributed by atoms with Crippen LogP contribution in [0.15, 0.2) is 30.5 Å². The Labute approximate surface area is 121 Å². The van der Waals surface area contributed by atoms with Gasteiger partial charge in [0.15, 0.2) is 0 Å². The van der Waals surface area contributed by atoms with Gasteiger partial charge in [0, 0.05) is 25.1 Å². The second-order valence-electron chi connectivity index (χ2n) is 5.66. The number of fused-ring (bicyclic) bond motifs is 1. The standard InChI is InChI=1S/C16H17F3N2/c1-11-5-4-8-21-10-13(20-15(11)21)9-12-6-2-3-7-14(12)16(17,18)19/h2-3,6-7,10-11H,4-5,8-9H2,1H3. The van der Waals surface area contributed by atoms with Gasteiger partial charge in [0.05, 0.1) is 11.3 Å². The van der Waals surface area contributed by atoms with E-state index < -0.39 is 11.7 Å². The summed E-state index contributed by atoms with van der Waals surface area (Å²) in [6.45, 7) is 3.03. The first kappa shape index (κ1) is 14.2. The van der Waals surface area contributed by atoms with E-state index in [9.17, 15) is 13.2 Å². The van der Waals surface area contributed by atoms with Crippen molar-refractivity contribution in [1.29, 1.82) is 0 Å². The number of rotatable bonds is 2. The maximum atomic E-state index is 13.0. The first-order chi connectivity index (χ1) is 9.95. The highest BCUT2D eigenvalue weighted by Gasteiger charge is 2.33. The lowest BCUT2D eigenvalue weighted by atomic mass is 10.0. The largest absolute Gasteiger partial charge is 0.416 e. The van der Waals surface area contributed by atoms with Gasteiger partial charge in [0.2, 0.25) is 0 Å². The highest BCUT2D eigenvalue weighted by Crippen LogP contribution is 2.33. The van der Waals surface area contributed by atoms with Gasteiger partial charge in [-0.25, -0.2) is 4.98 Å². The van der Waals surface area contributed by atoms with Crippen molar-refractivity contribution in [2.24, 2.45) is 0 Å². The van der Waals surface area contributed by atoms with Crippen molar-refractivity contribution in [2.75, 3.05) is 0 Å². The molecule has 5 heteroatoms. The van der Waals surface area contributed by atoms with Gasteiger partial charge in [-0.3, -0.25) is 0 Å². The molecule has 0 spiro atoms. The molecule has 0 amide bonds. The lowest BCUT2D eigenvalue weighted by Gasteiger charge is -2.19. The van der Waals surface area contributed by atoms with Crippen LogP contribution < -0.4 is 0 Å². The quantitative estimate of drug-likeness (QED) is 0.803. The minimum absolute atomic E-state index is 0.225. The van der Waals surface area contributed by atoms with Crippen LogP contribution in [0.5, 0.6) is 0 Å². The molecule has 2 aromatic rings. The van der Waals surface area contributed by atoms with Gasteiger partial charge >= 0.3 is 6.18 Å². The average Bonchev–Trinajstić information content (AvgIpc) is 2.82. The summed E-state index contributed by atoms with van der Waals surface area (Å²) in [5.74, 6) is 1.38. The van der Waals surface area contributed by atoms with E-state index in [1.165, 1.54) is 12.1 Å². The van der Waals surface area contributed by atoms with Crippen molar-refractivity contribution in [1.82, 2.24) is 9.55 Å². The van der Waals surface area contributed by atoms with Gasteiger partial charge in [-0.2, -0.15) is 13.2 Å². The number of aromatic nitrogens is 2. The zero-order valence-corrected chi connectivity index (χ0v) is 11.8. The highest BCUT2D eigenvalue weighted by atomic mass is 19.4. The smallest absolute Gasteiger partial charge is 0.334 e. The number of hydrogen-bond donors (Lipinski definition) is 0. The maximum Gasteiger partial charge on any atom is 0.416 e. The fraction of sp³-hybridized carbons (Fsp3) is 0.438. The molecular weight excluding hydrogens is 277 g/mol. The third kappa shape index (κ3) is 2.82. The third-order valence-electron chi connectivity index (χ3n) is 4.03. The average molecular weight is 294 g/mol. The SMILES string of the molecule is CC1CCCn2cc(Cc3ccccc3C(F)(F)F)nc21. The second kappa shape index (κ2) is 5.20. The molecule has 0 N–H and O–H groups in total. The molecule has 0 aliphatic carbocycles. The molecule has 0 bridgehead atoms. The van der Waals surface area contributed by atoms with Crippen LogP contribution in [-0.2, 0) is 19.1 Å². The molecule has 21 heavy (non-hydrogen) atoms. The van der Waals surface area contributed by atoms with Crippen molar-refractivity contribution in [3.05, 3.63) is 53.1 Å². The molecule has 0 fully saturated rings. The third-order valence-corrected chi connectivity index (χ3v) is 4.03. The molecular formula is C16H17F3N2. The monoisotopic (exact) mass is 294 g/mol. The molecule has 1 aromatic heterocycles. The Hall–Kier alpha value is -1.78. The van der Waals surface area contributed by atoms with Gasteiger partial charge in [-0.1, -0.05) is 25.1 Å². The van der Waals surface area contributed by atoms with E-state index in [1.54, 1.807) is 6.07 Å². The lowest BCUT2D eigenvalue weighted by Crippen LogP contribution is -2.12. The minimum atomic E-state index is -4.32. The summed E-state index contributed by atoms with van der Waals surface area (Å²) in [4.78, 5) is 4.55. The molecule has 2 nitrogen and oxygen atoms in total. The Morgan fingerprint density at radius 3 is 2.76 bits per heavy atom. The van der Waals surface area contributed by atoms with Gasteiger partial charge in [0.25, 0.3) is 0 Å². The molecule has 1 atom stereocenters. The number of hydrogen-bond acceptors (Lipinski definition) is 1. The summed E-state index contributed by atoms with van der Waals surface area (Å²) in [5, 5.41) is 0. The Morgan fingerprint density at radius 2 is 2.05 bits per heavy atom. The van der Waals surface area contributed by atoms with Crippen LogP contribution in [0.3, 0.4) is 0 Å². The molecule has 0 saturated carbocycles. The molecule has 112 valence electrons. The number of aryl methyl sites for hydroxylation is 1. The Morgan fingerprint density at radius 1 is 1.29 bits per heavy atom. The van der Waals surface area contributed by atoms with Gasteiger partial charge < -0.3 is 4.57 Å². The van der Waals surface area contributed by atoms with Crippen molar-refractivity contribution < 1.29 is 13.2 Å². The molecule has 2 heterocycles. The lowest BCUT2D eigenvalue weighted by molar-refractivity contribution is -0.138. The number of alkyl halides is 3. The first-order valence-corrected chi connectivity index (χ1v) is 7.16. The van der Waals surface area contributed by atoms with Crippen LogP contribution in [0.1, 0.15) is 48.3 Å². The predicted molar refractivity (Wildman–Crippen MR) is 74.1 cm³/mol. The fourth-order valence-corrected chi connectivity index (χ4v) is 2.99. The number of halogens is 3. The molecule has 1 unspecified atom stereocenters. The summed E-state index contributed by atoms with van der Waals surface area (Å²) in [6.07, 6.45) is 0.00247. The van der Waals surface area contributed by atoms with Crippen LogP contribution in [0.2, 0.25) is 0 Å². The van der Waals surface area contributed by atoms with E-state index in [2.05, 4.69) is 16.5 Å². The highest BCUT2D eigenvalue weighted by molar-refractivity contribution is 5.33. The molecule has 0 saturated heterocycles. The van der Waals surface area contributed by atoms with E-state index in [1.807, 2.05) is 6.20 Å². The van der Waals surface area contributed by atoms with Gasteiger partial charge in [-0.05, 0) is 24.5 Å². The Kier molecular flexibility index (Phi) is 3.51. The van der Waals surface area contributed by atoms with Crippen LogP contribution in [0, 0.1) is 0 Å². The van der Waals surface area contributed by atoms with Crippen LogP contribution in [0.25, 0.3) is 0 Å². The van der Waals surface area contributed by atoms with Crippen molar-refractivity contribution in [3.8, 4) is 0 Å². The molecule has 3 rings (SSSR count). The summed E-state index contributed by atoms with van der Waals surface area (Å²) >= 11 is 0. The van der Waals surface area contributed by atoms with E-state index in [0.29, 0.717) is 5.92 Å². The first-order valence-electron chi connectivity index (χ1n) is 7.16. The maximum absolute atomic E-state index is 13.0. The number of nitrogens with zero attached hydrogens (tertiary/aromatic N) is 2. The van der Waals surface area contributed by atoms with Gasteiger partial charge in [-0.15, -0.1) is 0 Å². The zero-order chi connectivity index (χ0) is 15.0. The molecule has 1 aliphatic rings. The van der Waals surface area contributed by atoms with E-state index in [0.717, 1.165) is 37.0 Å². The molecule has 0 radical (unpaired) electrons. The summed E-state index contributed by atoms with van der Waals surface area (Å²) in [7, 11) is 0. The van der Waals surface area contributed by atoms with Crippen molar-refractivity contribution in [2.45, 2.75) is 44.8 Å². The predicted octanol–water partition coefficient (Wildman–Crippen LogP) is 4.39. The van der Waals surface area contributed by atoms with Crippen LogP contribution >= 0.6 is 0 Å². The topological polar surface area (TPSA) is 17.8 Å². The Balaban J connectivity index is 1.91. The van der Waals surface area contributed by atoms with E-state index in [4.69, 9.17) is 0 Å². The summed E-state index contributed by atoms with van der Waals surface area (Å²) in [5.41, 5.74) is 0.438. The van der Waals surface area contributed by atoms with Crippen molar-refractivity contribution >= 4 is 0 Å². The van der Waals surface area contributed by atoms with Crippen molar-refractivity contribution in [3.63, 3.8) is 0 Å². The number of benzene rings is 1. The number of imidazole rings is 1. The summed E-state index contributed by atoms with van der Waals surface area (Å²) in [6, 6.07) is 5.73. The van der Waals surface area contributed by atoms with Gasteiger partial charge in [0.1, 0.15) is 5.82 Å². The Bertz CT molecular complexity index is 643. The van der Waals surface area contributed by atoms with E-state index in [-0.39, 0.29) is 12.0 Å².